The van der Waals surface area contributed by atoms with Gasteiger partial charge in [-0.1, -0.05) is 12.1 Å². The van der Waals surface area contributed by atoms with Crippen LogP contribution in [0.1, 0.15) is 6.92 Å². The molecule has 0 unspecified atom stereocenters. The SMILES string of the molecule is C[C@H](N)Cn1cc(-c2ccc(F)cc2)cn1.Cl. The Morgan fingerprint density at radius 2 is 1.94 bits per heavy atom. The van der Waals surface area contributed by atoms with Gasteiger partial charge in [-0.15, -0.1) is 12.4 Å². The topological polar surface area (TPSA) is 43.8 Å². The van der Waals surface area contributed by atoms with Gasteiger partial charge < -0.3 is 5.73 Å². The van der Waals surface area contributed by atoms with E-state index in [0.717, 1.165) is 11.1 Å². The fraction of sp³-hybridized carbons (Fsp3) is 0.250. The predicted octanol–water partition coefficient (Wildman–Crippen LogP) is 2.46. The van der Waals surface area contributed by atoms with Crippen molar-refractivity contribution in [1.29, 1.82) is 0 Å². The Bertz CT molecular complexity index is 465. The van der Waals surface area contributed by atoms with E-state index in [1.165, 1.54) is 12.1 Å². The van der Waals surface area contributed by atoms with E-state index in [1.807, 2.05) is 13.1 Å². The molecular weight excluding hydrogens is 241 g/mol. The Kier molecular flexibility index (Phi) is 4.66. The molecule has 2 rings (SSSR count). The molecule has 0 saturated heterocycles. The number of nitrogens with zero attached hydrogens (tertiary/aromatic N) is 2. The average Bonchev–Trinajstić information content (AvgIpc) is 2.66. The van der Waals surface area contributed by atoms with Crippen LogP contribution < -0.4 is 5.73 Å². The summed E-state index contributed by atoms with van der Waals surface area (Å²) in [5.74, 6) is -0.230. The van der Waals surface area contributed by atoms with Crippen LogP contribution in [0.4, 0.5) is 4.39 Å². The smallest absolute Gasteiger partial charge is 0.123 e. The van der Waals surface area contributed by atoms with Crippen LogP contribution in [0.2, 0.25) is 0 Å². The fourth-order valence-electron chi connectivity index (χ4n) is 1.55. The monoisotopic (exact) mass is 255 g/mol. The Morgan fingerprint density at radius 1 is 1.29 bits per heavy atom. The summed E-state index contributed by atoms with van der Waals surface area (Å²) in [4.78, 5) is 0. The molecule has 0 saturated carbocycles. The lowest BCUT2D eigenvalue weighted by molar-refractivity contribution is 0.539. The molecule has 5 heteroatoms. The second-order valence-corrected chi connectivity index (χ2v) is 3.94. The third-order valence-electron chi connectivity index (χ3n) is 2.29. The van der Waals surface area contributed by atoms with E-state index in [9.17, 15) is 4.39 Å². The van der Waals surface area contributed by atoms with Gasteiger partial charge in [-0.05, 0) is 24.6 Å². The minimum absolute atomic E-state index is 0. The van der Waals surface area contributed by atoms with E-state index < -0.39 is 0 Å². The molecule has 0 bridgehead atoms. The Hall–Kier alpha value is -1.39. The molecule has 1 atom stereocenters. The van der Waals surface area contributed by atoms with Crippen LogP contribution in [0.25, 0.3) is 11.1 Å². The molecule has 1 aromatic carbocycles. The normalized spacial score (nSPS) is 11.9. The summed E-state index contributed by atoms with van der Waals surface area (Å²) in [6.07, 6.45) is 3.67. The fourth-order valence-corrected chi connectivity index (χ4v) is 1.55. The molecule has 2 aromatic rings. The molecule has 92 valence electrons. The maximum absolute atomic E-state index is 12.7. The molecule has 0 amide bonds. The molecule has 1 heterocycles. The number of halogens is 2. The first-order valence-corrected chi connectivity index (χ1v) is 5.19. The largest absolute Gasteiger partial charge is 0.326 e. The maximum atomic E-state index is 12.7. The quantitative estimate of drug-likeness (QED) is 0.916. The molecule has 0 fully saturated rings. The zero-order valence-electron chi connectivity index (χ0n) is 9.51. The predicted molar refractivity (Wildman–Crippen MR) is 68.5 cm³/mol. The lowest BCUT2D eigenvalue weighted by atomic mass is 10.1. The summed E-state index contributed by atoms with van der Waals surface area (Å²) in [5, 5.41) is 4.20. The number of hydrogen-bond donors (Lipinski definition) is 1. The third kappa shape index (κ3) is 3.54. The van der Waals surface area contributed by atoms with Crippen LogP contribution in [0.3, 0.4) is 0 Å². The van der Waals surface area contributed by atoms with Gasteiger partial charge in [0.1, 0.15) is 5.82 Å². The summed E-state index contributed by atoms with van der Waals surface area (Å²) in [6, 6.07) is 6.43. The minimum Gasteiger partial charge on any atom is -0.326 e. The molecule has 3 nitrogen and oxygen atoms in total. The summed E-state index contributed by atoms with van der Waals surface area (Å²) in [5.41, 5.74) is 7.61. The summed E-state index contributed by atoms with van der Waals surface area (Å²) in [7, 11) is 0. The first kappa shape index (κ1) is 13.7. The van der Waals surface area contributed by atoms with Crippen molar-refractivity contribution in [3.8, 4) is 11.1 Å². The second-order valence-electron chi connectivity index (χ2n) is 3.94. The van der Waals surface area contributed by atoms with Crippen LogP contribution in [0.5, 0.6) is 0 Å². The summed E-state index contributed by atoms with van der Waals surface area (Å²) >= 11 is 0. The van der Waals surface area contributed by atoms with Crippen molar-refractivity contribution < 1.29 is 4.39 Å². The summed E-state index contributed by atoms with van der Waals surface area (Å²) in [6.45, 7) is 2.61. The zero-order chi connectivity index (χ0) is 11.5. The van der Waals surface area contributed by atoms with E-state index in [-0.39, 0.29) is 24.3 Å². The lowest BCUT2D eigenvalue weighted by Crippen LogP contribution is -2.22. The molecule has 2 N–H and O–H groups in total. The third-order valence-corrected chi connectivity index (χ3v) is 2.29. The molecular formula is C12H15ClFN3. The number of nitrogens with two attached hydrogens (primary N) is 1. The number of hydrogen-bond acceptors (Lipinski definition) is 2. The van der Waals surface area contributed by atoms with Gasteiger partial charge in [0.25, 0.3) is 0 Å². The highest BCUT2D eigenvalue weighted by atomic mass is 35.5. The molecule has 0 radical (unpaired) electrons. The van der Waals surface area contributed by atoms with Crippen LogP contribution in [-0.4, -0.2) is 15.8 Å². The van der Waals surface area contributed by atoms with Gasteiger partial charge in [-0.2, -0.15) is 5.10 Å². The van der Waals surface area contributed by atoms with E-state index in [2.05, 4.69) is 5.10 Å². The molecule has 0 spiro atoms. The van der Waals surface area contributed by atoms with E-state index >= 15 is 0 Å². The molecule has 0 aliphatic carbocycles. The zero-order valence-corrected chi connectivity index (χ0v) is 10.3. The first-order valence-electron chi connectivity index (χ1n) is 5.19. The Balaban J connectivity index is 0.00000144. The highest BCUT2D eigenvalue weighted by Crippen LogP contribution is 2.18. The highest BCUT2D eigenvalue weighted by molar-refractivity contribution is 5.85. The number of rotatable bonds is 3. The van der Waals surface area contributed by atoms with Gasteiger partial charge in [0.15, 0.2) is 0 Å². The van der Waals surface area contributed by atoms with E-state index in [1.54, 1.807) is 23.0 Å². The van der Waals surface area contributed by atoms with Crippen molar-refractivity contribution in [2.75, 3.05) is 0 Å². The van der Waals surface area contributed by atoms with Crippen molar-refractivity contribution >= 4 is 12.4 Å². The van der Waals surface area contributed by atoms with Gasteiger partial charge in [0.05, 0.1) is 12.7 Å². The number of aromatic nitrogens is 2. The van der Waals surface area contributed by atoms with Gasteiger partial charge in [0, 0.05) is 17.8 Å². The van der Waals surface area contributed by atoms with Gasteiger partial charge in [0.2, 0.25) is 0 Å². The van der Waals surface area contributed by atoms with Crippen molar-refractivity contribution in [3.05, 3.63) is 42.5 Å². The second kappa shape index (κ2) is 5.80. The molecule has 17 heavy (non-hydrogen) atoms. The van der Waals surface area contributed by atoms with Crippen LogP contribution in [0, 0.1) is 5.82 Å². The van der Waals surface area contributed by atoms with E-state index in [4.69, 9.17) is 5.73 Å². The van der Waals surface area contributed by atoms with Gasteiger partial charge in [-0.3, -0.25) is 4.68 Å². The van der Waals surface area contributed by atoms with Crippen LogP contribution in [-0.2, 0) is 6.54 Å². The van der Waals surface area contributed by atoms with E-state index in [0.29, 0.717) is 6.54 Å². The lowest BCUT2D eigenvalue weighted by Gasteiger charge is -2.03. The first-order chi connectivity index (χ1) is 7.65. The van der Waals surface area contributed by atoms with Crippen molar-refractivity contribution in [1.82, 2.24) is 9.78 Å². The van der Waals surface area contributed by atoms with Gasteiger partial charge >= 0.3 is 0 Å². The van der Waals surface area contributed by atoms with Crippen LogP contribution in [0.15, 0.2) is 36.7 Å². The highest BCUT2D eigenvalue weighted by Gasteiger charge is 2.03. The van der Waals surface area contributed by atoms with Crippen molar-refractivity contribution in [3.63, 3.8) is 0 Å². The Morgan fingerprint density at radius 3 is 2.53 bits per heavy atom. The minimum atomic E-state index is -0.230. The van der Waals surface area contributed by atoms with Crippen LogP contribution >= 0.6 is 12.4 Å². The molecule has 1 aromatic heterocycles. The Labute approximate surface area is 106 Å². The molecule has 0 aliphatic heterocycles. The van der Waals surface area contributed by atoms with Crippen molar-refractivity contribution in [2.45, 2.75) is 19.5 Å². The summed E-state index contributed by atoms with van der Waals surface area (Å²) < 4.78 is 14.5. The van der Waals surface area contributed by atoms with Crippen molar-refractivity contribution in [2.24, 2.45) is 5.73 Å². The maximum Gasteiger partial charge on any atom is 0.123 e. The molecule has 0 aliphatic rings. The number of benzene rings is 1. The average molecular weight is 256 g/mol. The van der Waals surface area contributed by atoms with Gasteiger partial charge in [-0.25, -0.2) is 4.39 Å². The standard InChI is InChI=1S/C12H14FN3.ClH/c1-9(14)7-16-8-11(6-15-16)10-2-4-12(13)5-3-10;/h2-6,8-9H,7,14H2,1H3;1H/t9-;/m0./s1.